The van der Waals surface area contributed by atoms with Gasteiger partial charge in [-0.15, -0.1) is 0 Å². The Morgan fingerprint density at radius 1 is 1.14 bits per heavy atom. The van der Waals surface area contributed by atoms with Crippen molar-refractivity contribution >= 4 is 11.9 Å². The van der Waals surface area contributed by atoms with Crippen LogP contribution in [0.2, 0.25) is 0 Å². The highest BCUT2D eigenvalue weighted by molar-refractivity contribution is 5.91. The molecule has 2 nitrogen and oxygen atoms in total. The van der Waals surface area contributed by atoms with E-state index in [2.05, 4.69) is 11.8 Å². The van der Waals surface area contributed by atoms with Crippen molar-refractivity contribution in [3.8, 4) is 17.6 Å². The van der Waals surface area contributed by atoms with Crippen molar-refractivity contribution in [3.05, 3.63) is 71.3 Å². The molecule has 22 heavy (non-hydrogen) atoms. The van der Waals surface area contributed by atoms with Gasteiger partial charge in [0.15, 0.2) is 5.78 Å². The Hall–Kier alpha value is -2.79. The summed E-state index contributed by atoms with van der Waals surface area (Å²) in [5.74, 6) is 6.79. The van der Waals surface area contributed by atoms with Crippen LogP contribution in [0.5, 0.6) is 5.75 Å². The minimum Gasteiger partial charge on any atom is -0.480 e. The van der Waals surface area contributed by atoms with Gasteiger partial charge < -0.3 is 4.74 Å². The molecule has 0 aromatic heterocycles. The average Bonchev–Trinajstić information content (AvgIpc) is 2.52. The van der Waals surface area contributed by atoms with Gasteiger partial charge in [-0.25, -0.2) is 0 Å². The maximum atomic E-state index is 11.0. The highest BCUT2D eigenvalue weighted by atomic mass is 16.5. The Bertz CT molecular complexity index is 728. The normalized spacial score (nSPS) is 10.1. The molecule has 2 aromatic carbocycles. The van der Waals surface area contributed by atoms with Crippen molar-refractivity contribution in [3.63, 3.8) is 0 Å². The average molecular weight is 290 g/mol. The molecule has 0 aliphatic heterocycles. The van der Waals surface area contributed by atoms with E-state index in [0.717, 1.165) is 16.9 Å². The van der Waals surface area contributed by atoms with Crippen LogP contribution in [0.25, 0.3) is 6.08 Å². The number of hydrogen-bond acceptors (Lipinski definition) is 2. The minimum atomic E-state index is 0.00830. The molecule has 0 fully saturated rings. The molecule has 0 N–H and O–H groups in total. The van der Waals surface area contributed by atoms with Crippen LogP contribution in [0, 0.1) is 18.8 Å². The van der Waals surface area contributed by atoms with Crippen molar-refractivity contribution in [2.75, 3.05) is 6.61 Å². The third-order valence-corrected chi connectivity index (χ3v) is 3.00. The Morgan fingerprint density at radius 3 is 2.59 bits per heavy atom. The lowest BCUT2D eigenvalue weighted by Gasteiger charge is -2.05. The third kappa shape index (κ3) is 4.96. The van der Waals surface area contributed by atoms with Gasteiger partial charge in [-0.2, -0.15) is 0 Å². The molecule has 0 bridgehead atoms. The number of aryl methyl sites for hydroxylation is 1. The van der Waals surface area contributed by atoms with Crippen LogP contribution in [0.15, 0.2) is 54.6 Å². The lowest BCUT2D eigenvalue weighted by molar-refractivity contribution is -0.112. The van der Waals surface area contributed by atoms with Gasteiger partial charge in [0.2, 0.25) is 0 Å². The second kappa shape index (κ2) is 7.85. The van der Waals surface area contributed by atoms with E-state index in [4.69, 9.17) is 4.74 Å². The largest absolute Gasteiger partial charge is 0.480 e. The molecule has 2 aromatic rings. The van der Waals surface area contributed by atoms with Gasteiger partial charge in [0.25, 0.3) is 0 Å². The van der Waals surface area contributed by atoms with Gasteiger partial charge in [0.05, 0.1) is 0 Å². The number of hydrogen-bond donors (Lipinski definition) is 0. The first-order chi connectivity index (χ1) is 10.6. The maximum Gasteiger partial charge on any atom is 0.152 e. The zero-order valence-corrected chi connectivity index (χ0v) is 12.8. The standard InChI is InChI=1S/C20H18O2/c1-16-9-12-18(13-10-16)6-5-15-22-20-8-4-3-7-19(20)14-11-17(2)21/h3-4,7-14H,15H2,1-2H3/b14-11+. The number of para-hydroxylation sites is 1. The fourth-order valence-electron chi connectivity index (χ4n) is 1.85. The number of ether oxygens (including phenoxy) is 1. The summed E-state index contributed by atoms with van der Waals surface area (Å²) in [6.45, 7) is 3.87. The Balaban J connectivity index is 2.00. The Morgan fingerprint density at radius 2 is 1.86 bits per heavy atom. The molecule has 0 unspecified atom stereocenters. The lowest BCUT2D eigenvalue weighted by Crippen LogP contribution is -1.96. The van der Waals surface area contributed by atoms with Crippen LogP contribution in [0.3, 0.4) is 0 Å². The predicted molar refractivity (Wildman–Crippen MR) is 89.7 cm³/mol. The molecule has 0 heterocycles. The molecule has 110 valence electrons. The van der Waals surface area contributed by atoms with Crippen LogP contribution >= 0.6 is 0 Å². The van der Waals surface area contributed by atoms with Crippen molar-refractivity contribution in [2.45, 2.75) is 13.8 Å². The van der Waals surface area contributed by atoms with Gasteiger partial charge >= 0.3 is 0 Å². The van der Waals surface area contributed by atoms with E-state index < -0.39 is 0 Å². The first-order valence-corrected chi connectivity index (χ1v) is 7.11. The first kappa shape index (κ1) is 15.6. The molecule has 2 heteroatoms. The first-order valence-electron chi connectivity index (χ1n) is 7.11. The molecule has 2 rings (SSSR count). The SMILES string of the molecule is CC(=O)/C=C/c1ccccc1OCC#Cc1ccc(C)cc1. The Kier molecular flexibility index (Phi) is 5.57. The van der Waals surface area contributed by atoms with Gasteiger partial charge in [-0.1, -0.05) is 47.7 Å². The van der Waals surface area contributed by atoms with Crippen molar-refractivity contribution in [1.29, 1.82) is 0 Å². The fraction of sp³-hybridized carbons (Fsp3) is 0.150. The van der Waals surface area contributed by atoms with E-state index in [1.54, 1.807) is 6.08 Å². The maximum absolute atomic E-state index is 11.0. The summed E-state index contributed by atoms with van der Waals surface area (Å²) in [6, 6.07) is 15.6. The summed E-state index contributed by atoms with van der Waals surface area (Å²) < 4.78 is 5.68. The second-order valence-corrected chi connectivity index (χ2v) is 4.94. The van der Waals surface area contributed by atoms with E-state index in [1.807, 2.05) is 55.5 Å². The zero-order valence-electron chi connectivity index (χ0n) is 12.8. The predicted octanol–water partition coefficient (Wildman–Crippen LogP) is 4.03. The van der Waals surface area contributed by atoms with Crippen molar-refractivity contribution in [2.24, 2.45) is 0 Å². The number of ketones is 1. The van der Waals surface area contributed by atoms with Gasteiger partial charge in [-0.3, -0.25) is 4.79 Å². The lowest BCUT2D eigenvalue weighted by atomic mass is 10.1. The summed E-state index contributed by atoms with van der Waals surface area (Å²) in [4.78, 5) is 11.0. The topological polar surface area (TPSA) is 26.3 Å². The summed E-state index contributed by atoms with van der Waals surface area (Å²) in [5.41, 5.74) is 3.06. The molecular formula is C20H18O2. The monoisotopic (exact) mass is 290 g/mol. The highest BCUT2D eigenvalue weighted by Gasteiger charge is 1.98. The molecule has 0 amide bonds. The van der Waals surface area contributed by atoms with E-state index in [1.165, 1.54) is 18.6 Å². The molecule has 0 saturated carbocycles. The molecule has 0 saturated heterocycles. The summed E-state index contributed by atoms with van der Waals surface area (Å²) >= 11 is 0. The molecule has 0 atom stereocenters. The quantitative estimate of drug-likeness (QED) is 0.628. The second-order valence-electron chi connectivity index (χ2n) is 4.94. The molecule has 0 spiro atoms. The third-order valence-electron chi connectivity index (χ3n) is 3.00. The van der Waals surface area contributed by atoms with Crippen LogP contribution in [-0.4, -0.2) is 12.4 Å². The summed E-state index contributed by atoms with van der Waals surface area (Å²) in [5, 5.41) is 0. The molecule has 0 aliphatic rings. The van der Waals surface area contributed by atoms with Gasteiger partial charge in [0.1, 0.15) is 12.4 Å². The summed E-state index contributed by atoms with van der Waals surface area (Å²) in [6.07, 6.45) is 3.28. The van der Waals surface area contributed by atoms with Gasteiger partial charge in [0, 0.05) is 11.1 Å². The number of rotatable bonds is 4. The Labute approximate surface area is 131 Å². The van der Waals surface area contributed by atoms with E-state index in [9.17, 15) is 4.79 Å². The molecule has 0 aliphatic carbocycles. The minimum absolute atomic E-state index is 0.00830. The molecular weight excluding hydrogens is 272 g/mol. The fourth-order valence-corrected chi connectivity index (χ4v) is 1.85. The number of carbonyl (C=O) groups excluding carboxylic acids is 1. The smallest absolute Gasteiger partial charge is 0.152 e. The molecule has 0 radical (unpaired) electrons. The van der Waals surface area contributed by atoms with Crippen molar-refractivity contribution in [1.82, 2.24) is 0 Å². The summed E-state index contributed by atoms with van der Waals surface area (Å²) in [7, 11) is 0. The van der Waals surface area contributed by atoms with Gasteiger partial charge in [-0.05, 0) is 44.2 Å². The van der Waals surface area contributed by atoms with Crippen LogP contribution < -0.4 is 4.74 Å². The number of carbonyl (C=O) groups is 1. The van der Waals surface area contributed by atoms with Crippen LogP contribution in [-0.2, 0) is 4.79 Å². The van der Waals surface area contributed by atoms with E-state index in [0.29, 0.717) is 6.61 Å². The number of benzene rings is 2. The van der Waals surface area contributed by atoms with Crippen molar-refractivity contribution < 1.29 is 9.53 Å². The number of allylic oxidation sites excluding steroid dienone is 1. The zero-order chi connectivity index (χ0) is 15.8. The van der Waals surface area contributed by atoms with Crippen LogP contribution in [0.1, 0.15) is 23.6 Å². The van der Waals surface area contributed by atoms with E-state index >= 15 is 0 Å². The van der Waals surface area contributed by atoms with Crippen LogP contribution in [0.4, 0.5) is 0 Å². The van der Waals surface area contributed by atoms with E-state index in [-0.39, 0.29) is 5.78 Å². The highest BCUT2D eigenvalue weighted by Crippen LogP contribution is 2.19.